The molecule has 1 N–H and O–H groups in total. The van der Waals surface area contributed by atoms with E-state index in [-0.39, 0.29) is 5.91 Å². The van der Waals surface area contributed by atoms with Gasteiger partial charge >= 0.3 is 0 Å². The molecule has 0 aliphatic carbocycles. The predicted molar refractivity (Wildman–Crippen MR) is 102 cm³/mol. The summed E-state index contributed by atoms with van der Waals surface area (Å²) < 4.78 is 1.13. The second-order valence-electron chi connectivity index (χ2n) is 5.30. The second kappa shape index (κ2) is 6.48. The molecule has 6 heteroatoms. The van der Waals surface area contributed by atoms with E-state index in [2.05, 4.69) is 16.4 Å². The number of anilines is 1. The highest BCUT2D eigenvalue weighted by Crippen LogP contribution is 2.34. The lowest BCUT2D eigenvalue weighted by Gasteiger charge is -2.03. The number of thiazole rings is 1. The van der Waals surface area contributed by atoms with Crippen molar-refractivity contribution in [3.63, 3.8) is 0 Å². The van der Waals surface area contributed by atoms with Crippen LogP contribution < -0.4 is 5.32 Å². The first-order chi connectivity index (χ1) is 12.2. The topological polar surface area (TPSA) is 65.8 Å². The molecule has 0 unspecified atom stereocenters. The van der Waals surface area contributed by atoms with Gasteiger partial charge in [-0.05, 0) is 42.5 Å². The Hall–Kier alpha value is -3.01. The van der Waals surface area contributed by atoms with Crippen molar-refractivity contribution >= 4 is 44.5 Å². The van der Waals surface area contributed by atoms with Crippen molar-refractivity contribution in [3.05, 3.63) is 71.1 Å². The molecule has 0 bridgehead atoms. The van der Waals surface area contributed by atoms with Crippen molar-refractivity contribution in [3.8, 4) is 16.0 Å². The van der Waals surface area contributed by atoms with E-state index in [1.807, 2.05) is 30.3 Å². The molecule has 0 saturated heterocycles. The van der Waals surface area contributed by atoms with Crippen LogP contribution in [-0.4, -0.2) is 10.9 Å². The Bertz CT molecular complexity index is 1090. The van der Waals surface area contributed by atoms with Crippen LogP contribution in [0.5, 0.6) is 0 Å². The van der Waals surface area contributed by atoms with E-state index in [0.717, 1.165) is 20.1 Å². The zero-order valence-corrected chi connectivity index (χ0v) is 14.5. The summed E-state index contributed by atoms with van der Waals surface area (Å²) in [5.41, 5.74) is 2.09. The number of hydrogen-bond acceptors (Lipinski definition) is 5. The zero-order chi connectivity index (χ0) is 17.2. The molecule has 25 heavy (non-hydrogen) atoms. The normalized spacial score (nSPS) is 10.5. The minimum atomic E-state index is -0.188. The summed E-state index contributed by atoms with van der Waals surface area (Å²) in [7, 11) is 0. The third kappa shape index (κ3) is 3.15. The highest BCUT2D eigenvalue weighted by Gasteiger charge is 2.13. The molecule has 2 aromatic heterocycles. The number of aromatic nitrogens is 1. The van der Waals surface area contributed by atoms with E-state index in [0.29, 0.717) is 16.1 Å². The first-order valence-corrected chi connectivity index (χ1v) is 9.13. The Morgan fingerprint density at radius 2 is 1.92 bits per heavy atom. The van der Waals surface area contributed by atoms with Crippen LogP contribution in [0.1, 0.15) is 15.2 Å². The number of hydrogen-bond donors (Lipinski definition) is 1. The van der Waals surface area contributed by atoms with E-state index in [4.69, 9.17) is 5.26 Å². The van der Waals surface area contributed by atoms with Crippen molar-refractivity contribution in [1.82, 2.24) is 4.98 Å². The van der Waals surface area contributed by atoms with Crippen molar-refractivity contribution in [2.75, 3.05) is 5.32 Å². The number of carbonyl (C=O) groups excluding carboxylic acids is 1. The van der Waals surface area contributed by atoms with Crippen LogP contribution in [0.2, 0.25) is 0 Å². The fraction of sp³-hybridized carbons (Fsp3) is 0. The van der Waals surface area contributed by atoms with Crippen LogP contribution in [0.25, 0.3) is 20.1 Å². The first kappa shape index (κ1) is 15.5. The fourth-order valence-corrected chi connectivity index (χ4v) is 4.33. The second-order valence-corrected chi connectivity index (χ2v) is 7.41. The highest BCUT2D eigenvalue weighted by atomic mass is 32.1. The van der Waals surface area contributed by atoms with Gasteiger partial charge in [0.15, 0.2) is 0 Å². The lowest BCUT2D eigenvalue weighted by Crippen LogP contribution is -2.09. The molecule has 0 aliphatic rings. The molecule has 0 aliphatic heterocycles. The van der Waals surface area contributed by atoms with Gasteiger partial charge in [-0.25, -0.2) is 4.98 Å². The third-order valence-electron chi connectivity index (χ3n) is 3.58. The summed E-state index contributed by atoms with van der Waals surface area (Å²) >= 11 is 3.03. The summed E-state index contributed by atoms with van der Waals surface area (Å²) in [6.07, 6.45) is 0. The Balaban J connectivity index is 1.58. The first-order valence-electron chi connectivity index (χ1n) is 7.50. The molecule has 120 valence electrons. The fourth-order valence-electron chi connectivity index (χ4n) is 2.41. The summed E-state index contributed by atoms with van der Waals surface area (Å²) in [6, 6.07) is 20.6. The smallest absolute Gasteiger partial charge is 0.265 e. The summed E-state index contributed by atoms with van der Waals surface area (Å²) in [6.45, 7) is 0. The number of para-hydroxylation sites is 1. The van der Waals surface area contributed by atoms with E-state index < -0.39 is 0 Å². The number of nitrogens with zero attached hydrogens (tertiary/aromatic N) is 2. The van der Waals surface area contributed by atoms with Gasteiger partial charge in [0.25, 0.3) is 5.91 Å². The van der Waals surface area contributed by atoms with Gasteiger partial charge in [0, 0.05) is 5.69 Å². The quantitative estimate of drug-likeness (QED) is 0.549. The summed E-state index contributed by atoms with van der Waals surface area (Å²) in [5, 5.41) is 12.7. The summed E-state index contributed by atoms with van der Waals surface area (Å²) in [4.78, 5) is 18.6. The van der Waals surface area contributed by atoms with Gasteiger partial charge in [-0.1, -0.05) is 18.2 Å². The van der Waals surface area contributed by atoms with Crippen LogP contribution in [0, 0.1) is 11.3 Å². The van der Waals surface area contributed by atoms with Crippen molar-refractivity contribution in [1.29, 1.82) is 5.26 Å². The monoisotopic (exact) mass is 361 g/mol. The van der Waals surface area contributed by atoms with Gasteiger partial charge in [0.2, 0.25) is 0 Å². The molecular weight excluding hydrogens is 350 g/mol. The number of amides is 1. The molecule has 4 aromatic rings. The number of fused-ring (bicyclic) bond motifs is 1. The number of rotatable bonds is 3. The van der Waals surface area contributed by atoms with E-state index >= 15 is 0 Å². The van der Waals surface area contributed by atoms with E-state index in [9.17, 15) is 4.79 Å². The summed E-state index contributed by atoms with van der Waals surface area (Å²) in [5.74, 6) is -0.188. The maximum atomic E-state index is 12.4. The predicted octanol–water partition coefficient (Wildman–Crippen LogP) is 5.15. The van der Waals surface area contributed by atoms with Gasteiger partial charge in [-0.3, -0.25) is 4.79 Å². The number of nitriles is 1. The largest absolute Gasteiger partial charge is 0.321 e. The number of benzene rings is 2. The molecule has 1 amide bonds. The maximum Gasteiger partial charge on any atom is 0.265 e. The van der Waals surface area contributed by atoms with Crippen LogP contribution in [0.4, 0.5) is 5.69 Å². The lowest BCUT2D eigenvalue weighted by molar-refractivity contribution is 0.103. The average molecular weight is 361 g/mol. The number of carbonyl (C=O) groups is 1. The van der Waals surface area contributed by atoms with E-state index in [1.165, 1.54) is 11.3 Å². The molecule has 0 fully saturated rings. The Morgan fingerprint density at radius 1 is 1.04 bits per heavy atom. The van der Waals surface area contributed by atoms with Gasteiger partial charge in [-0.15, -0.1) is 22.7 Å². The van der Waals surface area contributed by atoms with Crippen LogP contribution in [-0.2, 0) is 0 Å². The SMILES string of the molecule is N#Cc1cccc(NC(=O)c2ccc(-c3nc4ccccc4s3)s2)c1. The Labute approximate surface area is 152 Å². The molecular formula is C19H11N3OS2. The van der Waals surface area contributed by atoms with Crippen LogP contribution >= 0.6 is 22.7 Å². The maximum absolute atomic E-state index is 12.4. The van der Waals surface area contributed by atoms with Crippen molar-refractivity contribution < 1.29 is 4.79 Å². The van der Waals surface area contributed by atoms with Gasteiger partial charge in [0.05, 0.1) is 31.6 Å². The standard InChI is InChI=1S/C19H11N3OS2/c20-11-12-4-3-5-13(10-12)21-18(23)16-8-9-17(24-16)19-22-14-6-1-2-7-15(14)25-19/h1-10H,(H,21,23). The van der Waals surface area contributed by atoms with Gasteiger partial charge in [-0.2, -0.15) is 5.26 Å². The Morgan fingerprint density at radius 3 is 2.76 bits per heavy atom. The van der Waals surface area contributed by atoms with E-state index in [1.54, 1.807) is 41.7 Å². The molecule has 0 saturated carbocycles. The third-order valence-corrected chi connectivity index (χ3v) is 5.87. The lowest BCUT2D eigenvalue weighted by atomic mass is 10.2. The molecule has 0 atom stereocenters. The van der Waals surface area contributed by atoms with Crippen molar-refractivity contribution in [2.24, 2.45) is 0 Å². The minimum Gasteiger partial charge on any atom is -0.321 e. The van der Waals surface area contributed by atoms with Gasteiger partial charge in [0.1, 0.15) is 5.01 Å². The molecule has 0 radical (unpaired) electrons. The number of thiophene rings is 1. The molecule has 4 rings (SSSR count). The van der Waals surface area contributed by atoms with Crippen LogP contribution in [0.15, 0.2) is 60.7 Å². The Kier molecular flexibility index (Phi) is 4.02. The average Bonchev–Trinajstić information content (AvgIpc) is 3.28. The molecule has 2 heterocycles. The molecule has 4 nitrogen and oxygen atoms in total. The molecule has 0 spiro atoms. The number of nitrogens with one attached hydrogen (secondary N) is 1. The minimum absolute atomic E-state index is 0.188. The molecule has 2 aromatic carbocycles. The van der Waals surface area contributed by atoms with Gasteiger partial charge < -0.3 is 5.32 Å². The zero-order valence-electron chi connectivity index (χ0n) is 12.9. The highest BCUT2D eigenvalue weighted by molar-refractivity contribution is 7.26. The van der Waals surface area contributed by atoms with Crippen molar-refractivity contribution in [2.45, 2.75) is 0 Å². The van der Waals surface area contributed by atoms with Crippen LogP contribution in [0.3, 0.4) is 0 Å².